The molecule has 126 valence electrons. The molecule has 0 radical (unpaired) electrons. The number of amides is 2. The number of imidazole rings is 1. The average molecular weight is 338 g/mol. The van der Waals surface area contributed by atoms with E-state index in [1.807, 2.05) is 0 Å². The number of nitrogens with two attached hydrogens (primary N) is 1. The Kier molecular flexibility index (Phi) is 3.78. The topological polar surface area (TPSA) is 81.2 Å². The zero-order chi connectivity index (χ0) is 17.5. The van der Waals surface area contributed by atoms with Gasteiger partial charge >= 0.3 is 6.18 Å². The predicted octanol–water partition coefficient (Wildman–Crippen LogP) is 1.66. The number of carbonyl (C=O) groups is 2. The Morgan fingerprint density at radius 3 is 2.62 bits per heavy atom. The quantitative estimate of drug-likeness (QED) is 0.904. The molecule has 0 saturated carbocycles. The van der Waals surface area contributed by atoms with Gasteiger partial charge in [-0.2, -0.15) is 13.2 Å². The van der Waals surface area contributed by atoms with Gasteiger partial charge in [-0.1, -0.05) is 6.07 Å². The summed E-state index contributed by atoms with van der Waals surface area (Å²) in [7, 11) is 0. The highest BCUT2D eigenvalue weighted by atomic mass is 19.4. The third-order valence-electron chi connectivity index (χ3n) is 3.84. The molecule has 1 aromatic heterocycles. The van der Waals surface area contributed by atoms with Crippen LogP contribution in [0.15, 0.2) is 30.5 Å². The highest BCUT2D eigenvalue weighted by Crippen LogP contribution is 2.30. The summed E-state index contributed by atoms with van der Waals surface area (Å²) in [5.41, 5.74) is 4.57. The second-order valence-electron chi connectivity index (χ2n) is 5.38. The molecular weight excluding hydrogens is 325 g/mol. The molecule has 2 aromatic rings. The summed E-state index contributed by atoms with van der Waals surface area (Å²) in [5.74, 6) is -0.669. The molecule has 0 aliphatic carbocycles. The normalized spacial score (nSPS) is 14.4. The van der Waals surface area contributed by atoms with Crippen molar-refractivity contribution in [3.8, 4) is 0 Å². The van der Waals surface area contributed by atoms with E-state index in [9.17, 15) is 22.8 Å². The number of primary amides is 1. The van der Waals surface area contributed by atoms with Crippen molar-refractivity contribution in [2.24, 2.45) is 5.73 Å². The van der Waals surface area contributed by atoms with Crippen molar-refractivity contribution in [3.05, 3.63) is 53.1 Å². The van der Waals surface area contributed by atoms with E-state index in [-0.39, 0.29) is 24.3 Å². The molecule has 0 fully saturated rings. The van der Waals surface area contributed by atoms with Gasteiger partial charge in [-0.15, -0.1) is 0 Å². The molecule has 2 N–H and O–H groups in total. The number of hydrogen-bond acceptors (Lipinski definition) is 3. The number of nitrogens with zero attached hydrogens (tertiary/aromatic N) is 3. The SMILES string of the molecule is NC(=O)c1cnc2n1CCN(C(=O)c1cccc(C(F)(F)F)c1)C2. The first kappa shape index (κ1) is 16.0. The van der Waals surface area contributed by atoms with Gasteiger partial charge in [0.15, 0.2) is 0 Å². The summed E-state index contributed by atoms with van der Waals surface area (Å²) < 4.78 is 39.9. The third kappa shape index (κ3) is 2.84. The summed E-state index contributed by atoms with van der Waals surface area (Å²) in [4.78, 5) is 29.2. The number of hydrogen-bond donors (Lipinski definition) is 1. The molecule has 0 atom stereocenters. The second-order valence-corrected chi connectivity index (χ2v) is 5.38. The van der Waals surface area contributed by atoms with Crippen molar-refractivity contribution in [3.63, 3.8) is 0 Å². The zero-order valence-electron chi connectivity index (χ0n) is 12.4. The molecule has 24 heavy (non-hydrogen) atoms. The summed E-state index contributed by atoms with van der Waals surface area (Å²) in [5, 5.41) is 0. The standard InChI is InChI=1S/C15H13F3N4O2/c16-15(17,18)10-3-1-2-9(6-10)14(24)21-4-5-22-11(13(19)23)7-20-12(22)8-21/h1-3,6-7H,4-5,8H2,(H2,19,23). The first-order valence-electron chi connectivity index (χ1n) is 7.08. The predicted molar refractivity (Wildman–Crippen MR) is 76.9 cm³/mol. The van der Waals surface area contributed by atoms with Crippen molar-refractivity contribution in [2.75, 3.05) is 6.54 Å². The van der Waals surface area contributed by atoms with E-state index in [1.165, 1.54) is 23.2 Å². The molecule has 0 bridgehead atoms. The molecule has 0 spiro atoms. The minimum atomic E-state index is -4.51. The van der Waals surface area contributed by atoms with E-state index in [0.29, 0.717) is 12.4 Å². The Balaban J connectivity index is 1.83. The van der Waals surface area contributed by atoms with Crippen LogP contribution in [-0.4, -0.2) is 32.8 Å². The van der Waals surface area contributed by atoms with Crippen LogP contribution in [0, 0.1) is 0 Å². The minimum Gasteiger partial charge on any atom is -0.364 e. The Labute approximate surface area is 134 Å². The van der Waals surface area contributed by atoms with Gasteiger partial charge in [0.25, 0.3) is 11.8 Å². The number of halogens is 3. The molecule has 1 aromatic carbocycles. The van der Waals surface area contributed by atoms with Crippen LogP contribution in [0.5, 0.6) is 0 Å². The minimum absolute atomic E-state index is 0.0417. The number of benzene rings is 1. The molecule has 2 amide bonds. The van der Waals surface area contributed by atoms with Gasteiger partial charge in [0.1, 0.15) is 11.5 Å². The fourth-order valence-electron chi connectivity index (χ4n) is 2.64. The lowest BCUT2D eigenvalue weighted by atomic mass is 10.1. The highest BCUT2D eigenvalue weighted by molar-refractivity contribution is 5.94. The van der Waals surface area contributed by atoms with Gasteiger partial charge in [0.2, 0.25) is 0 Å². The van der Waals surface area contributed by atoms with Crippen LogP contribution in [0.25, 0.3) is 0 Å². The summed E-state index contributed by atoms with van der Waals surface area (Å²) in [6.07, 6.45) is -3.18. The smallest absolute Gasteiger partial charge is 0.364 e. The first-order chi connectivity index (χ1) is 11.3. The lowest BCUT2D eigenvalue weighted by Crippen LogP contribution is -2.39. The van der Waals surface area contributed by atoms with Gasteiger partial charge in [0, 0.05) is 18.7 Å². The Morgan fingerprint density at radius 2 is 1.96 bits per heavy atom. The van der Waals surface area contributed by atoms with E-state index in [4.69, 9.17) is 5.73 Å². The molecule has 0 saturated heterocycles. The van der Waals surface area contributed by atoms with Crippen molar-refractivity contribution in [1.29, 1.82) is 0 Å². The number of fused-ring (bicyclic) bond motifs is 1. The highest BCUT2D eigenvalue weighted by Gasteiger charge is 2.32. The van der Waals surface area contributed by atoms with Gasteiger partial charge in [-0.25, -0.2) is 4.98 Å². The molecule has 1 aliphatic rings. The van der Waals surface area contributed by atoms with Crippen LogP contribution in [0.3, 0.4) is 0 Å². The van der Waals surface area contributed by atoms with Crippen LogP contribution >= 0.6 is 0 Å². The van der Waals surface area contributed by atoms with E-state index in [1.54, 1.807) is 4.57 Å². The summed E-state index contributed by atoms with van der Waals surface area (Å²) in [6, 6.07) is 4.29. The van der Waals surface area contributed by atoms with Crippen LogP contribution in [0.4, 0.5) is 13.2 Å². The second kappa shape index (κ2) is 5.66. The average Bonchev–Trinajstić information content (AvgIpc) is 2.96. The fraction of sp³-hybridized carbons (Fsp3) is 0.267. The van der Waals surface area contributed by atoms with Gasteiger partial charge in [-0.05, 0) is 18.2 Å². The van der Waals surface area contributed by atoms with E-state index >= 15 is 0 Å². The largest absolute Gasteiger partial charge is 0.416 e. The lowest BCUT2D eigenvalue weighted by Gasteiger charge is -2.28. The van der Waals surface area contributed by atoms with E-state index < -0.39 is 23.6 Å². The number of aromatic nitrogens is 2. The van der Waals surface area contributed by atoms with Crippen molar-refractivity contribution < 1.29 is 22.8 Å². The van der Waals surface area contributed by atoms with Gasteiger partial charge in [-0.3, -0.25) is 9.59 Å². The molecule has 2 heterocycles. The monoisotopic (exact) mass is 338 g/mol. The molecule has 3 rings (SSSR count). The van der Waals surface area contributed by atoms with E-state index in [0.717, 1.165) is 12.1 Å². The van der Waals surface area contributed by atoms with E-state index in [2.05, 4.69) is 4.98 Å². The maximum atomic E-state index is 12.8. The molecule has 0 unspecified atom stereocenters. The van der Waals surface area contributed by atoms with Crippen LogP contribution < -0.4 is 5.73 Å². The van der Waals surface area contributed by atoms with Crippen LogP contribution in [0.2, 0.25) is 0 Å². The Bertz CT molecular complexity index is 813. The third-order valence-corrected chi connectivity index (χ3v) is 3.84. The molecule has 6 nitrogen and oxygen atoms in total. The lowest BCUT2D eigenvalue weighted by molar-refractivity contribution is -0.137. The van der Waals surface area contributed by atoms with Crippen LogP contribution in [-0.2, 0) is 19.3 Å². The first-order valence-corrected chi connectivity index (χ1v) is 7.08. The van der Waals surface area contributed by atoms with Crippen molar-refractivity contribution in [1.82, 2.24) is 14.5 Å². The number of alkyl halides is 3. The molecule has 1 aliphatic heterocycles. The summed E-state index contributed by atoms with van der Waals surface area (Å²) >= 11 is 0. The Morgan fingerprint density at radius 1 is 1.21 bits per heavy atom. The maximum Gasteiger partial charge on any atom is 0.416 e. The van der Waals surface area contributed by atoms with Crippen molar-refractivity contribution in [2.45, 2.75) is 19.3 Å². The number of rotatable bonds is 2. The number of carbonyl (C=O) groups excluding carboxylic acids is 2. The van der Waals surface area contributed by atoms with Crippen LogP contribution in [0.1, 0.15) is 32.2 Å². The van der Waals surface area contributed by atoms with Crippen molar-refractivity contribution >= 4 is 11.8 Å². The van der Waals surface area contributed by atoms with Gasteiger partial charge < -0.3 is 15.2 Å². The molecular formula is C15H13F3N4O2. The maximum absolute atomic E-state index is 12.8. The zero-order valence-corrected chi connectivity index (χ0v) is 12.4. The fourth-order valence-corrected chi connectivity index (χ4v) is 2.64. The summed E-state index contributed by atoms with van der Waals surface area (Å²) in [6.45, 7) is 0.652. The van der Waals surface area contributed by atoms with Gasteiger partial charge in [0.05, 0.1) is 18.3 Å². The molecule has 9 heteroatoms. The Hall–Kier alpha value is -2.84.